The van der Waals surface area contributed by atoms with Crippen molar-refractivity contribution in [3.8, 4) is 0 Å². The minimum absolute atomic E-state index is 0.629. The predicted molar refractivity (Wildman–Crippen MR) is 65.8 cm³/mol. The molecular formula is C12H25N3O. The SMILES string of the molecule is CCC(COC)N1CC(N2CCNCC2)C1. The van der Waals surface area contributed by atoms with Gasteiger partial charge in [0.1, 0.15) is 0 Å². The number of likely N-dealkylation sites (tertiary alicyclic amines) is 1. The van der Waals surface area contributed by atoms with Gasteiger partial charge in [-0.15, -0.1) is 0 Å². The van der Waals surface area contributed by atoms with Crippen LogP contribution in [0.15, 0.2) is 0 Å². The molecule has 0 aromatic rings. The predicted octanol–water partition coefficient (Wildman–Crippen LogP) is 0.000800. The van der Waals surface area contributed by atoms with E-state index in [9.17, 15) is 0 Å². The van der Waals surface area contributed by atoms with Crippen LogP contribution in [-0.2, 0) is 4.74 Å². The van der Waals surface area contributed by atoms with Crippen LogP contribution in [0.5, 0.6) is 0 Å². The third-order valence-electron chi connectivity index (χ3n) is 3.91. The molecule has 4 heteroatoms. The first-order chi connectivity index (χ1) is 7.85. The van der Waals surface area contributed by atoms with Crippen molar-refractivity contribution in [3.63, 3.8) is 0 Å². The maximum absolute atomic E-state index is 5.27. The van der Waals surface area contributed by atoms with Gasteiger partial charge in [-0.25, -0.2) is 0 Å². The Kier molecular flexibility index (Phi) is 4.58. The highest BCUT2D eigenvalue weighted by Gasteiger charge is 2.35. The molecule has 1 unspecified atom stereocenters. The lowest BCUT2D eigenvalue weighted by atomic mass is 10.0. The molecule has 0 amide bonds. The van der Waals surface area contributed by atoms with Crippen LogP contribution in [0.3, 0.4) is 0 Å². The summed E-state index contributed by atoms with van der Waals surface area (Å²) in [5.74, 6) is 0. The quantitative estimate of drug-likeness (QED) is 0.715. The van der Waals surface area contributed by atoms with E-state index in [-0.39, 0.29) is 0 Å². The number of nitrogens with one attached hydrogen (secondary N) is 1. The van der Waals surface area contributed by atoms with Crippen molar-refractivity contribution in [1.29, 1.82) is 0 Å². The van der Waals surface area contributed by atoms with Crippen molar-refractivity contribution in [2.75, 3.05) is 53.0 Å². The molecule has 2 heterocycles. The first-order valence-electron chi connectivity index (χ1n) is 6.53. The van der Waals surface area contributed by atoms with E-state index in [0.29, 0.717) is 6.04 Å². The molecule has 16 heavy (non-hydrogen) atoms. The fourth-order valence-corrected chi connectivity index (χ4v) is 2.74. The van der Waals surface area contributed by atoms with Gasteiger partial charge in [0.15, 0.2) is 0 Å². The van der Waals surface area contributed by atoms with E-state index in [1.165, 1.54) is 32.6 Å². The Morgan fingerprint density at radius 3 is 2.56 bits per heavy atom. The van der Waals surface area contributed by atoms with Crippen LogP contribution in [-0.4, -0.2) is 74.9 Å². The zero-order chi connectivity index (χ0) is 11.4. The van der Waals surface area contributed by atoms with E-state index in [0.717, 1.165) is 25.7 Å². The highest BCUT2D eigenvalue weighted by Crippen LogP contribution is 2.19. The van der Waals surface area contributed by atoms with Crippen LogP contribution >= 0.6 is 0 Å². The van der Waals surface area contributed by atoms with Gasteiger partial charge >= 0.3 is 0 Å². The summed E-state index contributed by atoms with van der Waals surface area (Å²) in [6.07, 6.45) is 1.20. The Morgan fingerprint density at radius 1 is 1.31 bits per heavy atom. The van der Waals surface area contributed by atoms with Crippen LogP contribution < -0.4 is 5.32 Å². The van der Waals surface area contributed by atoms with Crippen molar-refractivity contribution in [2.24, 2.45) is 0 Å². The van der Waals surface area contributed by atoms with E-state index in [1.54, 1.807) is 7.11 Å². The van der Waals surface area contributed by atoms with Gasteiger partial charge in [0, 0.05) is 58.5 Å². The van der Waals surface area contributed by atoms with E-state index >= 15 is 0 Å². The molecule has 0 aliphatic carbocycles. The number of methoxy groups -OCH3 is 1. The first kappa shape index (κ1) is 12.3. The molecule has 2 rings (SSSR count). The standard InChI is InChI=1S/C12H25N3O/c1-3-11(10-16-2)15-8-12(9-15)14-6-4-13-5-7-14/h11-13H,3-10H2,1-2H3. The van der Waals surface area contributed by atoms with Gasteiger partial charge in [-0.3, -0.25) is 9.80 Å². The molecule has 2 aliphatic heterocycles. The van der Waals surface area contributed by atoms with Gasteiger partial charge in [-0.2, -0.15) is 0 Å². The van der Waals surface area contributed by atoms with Gasteiger partial charge in [0.25, 0.3) is 0 Å². The average molecular weight is 227 g/mol. The summed E-state index contributed by atoms with van der Waals surface area (Å²) >= 11 is 0. The second-order valence-electron chi connectivity index (χ2n) is 4.91. The number of rotatable bonds is 5. The Morgan fingerprint density at radius 2 is 2.00 bits per heavy atom. The van der Waals surface area contributed by atoms with Gasteiger partial charge in [-0.05, 0) is 6.42 Å². The number of ether oxygens (including phenoxy) is 1. The molecule has 1 atom stereocenters. The Labute approximate surface area is 98.9 Å². The van der Waals surface area contributed by atoms with E-state index < -0.39 is 0 Å². The van der Waals surface area contributed by atoms with Crippen molar-refractivity contribution in [1.82, 2.24) is 15.1 Å². The number of nitrogens with zero attached hydrogens (tertiary/aromatic N) is 2. The summed E-state index contributed by atoms with van der Waals surface area (Å²) in [5, 5.41) is 3.41. The molecule has 2 fully saturated rings. The lowest BCUT2D eigenvalue weighted by Gasteiger charge is -2.49. The summed E-state index contributed by atoms with van der Waals surface area (Å²) in [4.78, 5) is 5.20. The Hall–Kier alpha value is -0.160. The molecule has 0 aromatic heterocycles. The summed E-state index contributed by atoms with van der Waals surface area (Å²) in [6.45, 7) is 10.4. The van der Waals surface area contributed by atoms with Crippen LogP contribution in [0.2, 0.25) is 0 Å². The molecule has 2 saturated heterocycles. The Balaban J connectivity index is 1.71. The molecule has 0 bridgehead atoms. The first-order valence-corrected chi connectivity index (χ1v) is 6.53. The molecule has 0 radical (unpaired) electrons. The molecule has 4 nitrogen and oxygen atoms in total. The molecule has 94 valence electrons. The summed E-state index contributed by atoms with van der Waals surface area (Å²) in [5.41, 5.74) is 0. The second kappa shape index (κ2) is 5.96. The summed E-state index contributed by atoms with van der Waals surface area (Å²) < 4.78 is 5.27. The minimum atomic E-state index is 0.629. The maximum atomic E-state index is 5.27. The highest BCUT2D eigenvalue weighted by molar-refractivity contribution is 4.92. The van der Waals surface area contributed by atoms with E-state index in [1.807, 2.05) is 0 Å². The third kappa shape index (κ3) is 2.74. The molecule has 0 aromatic carbocycles. The molecule has 0 spiro atoms. The van der Waals surface area contributed by atoms with E-state index in [4.69, 9.17) is 4.74 Å². The summed E-state index contributed by atoms with van der Waals surface area (Å²) in [7, 11) is 1.80. The molecular weight excluding hydrogens is 202 g/mol. The third-order valence-corrected chi connectivity index (χ3v) is 3.91. The van der Waals surface area contributed by atoms with Crippen molar-refractivity contribution in [3.05, 3.63) is 0 Å². The number of piperazine rings is 1. The van der Waals surface area contributed by atoms with Crippen LogP contribution in [0.25, 0.3) is 0 Å². The normalized spacial score (nSPS) is 26.6. The van der Waals surface area contributed by atoms with Gasteiger partial charge in [0.2, 0.25) is 0 Å². The fraction of sp³-hybridized carbons (Fsp3) is 1.00. The van der Waals surface area contributed by atoms with Crippen molar-refractivity contribution in [2.45, 2.75) is 25.4 Å². The van der Waals surface area contributed by atoms with Gasteiger partial charge < -0.3 is 10.1 Å². The average Bonchev–Trinajstić information content (AvgIpc) is 2.27. The number of hydrogen-bond donors (Lipinski definition) is 1. The van der Waals surface area contributed by atoms with Crippen LogP contribution in [0.1, 0.15) is 13.3 Å². The monoisotopic (exact) mass is 227 g/mol. The smallest absolute Gasteiger partial charge is 0.0617 e. The molecule has 2 aliphatic rings. The maximum Gasteiger partial charge on any atom is 0.0617 e. The van der Waals surface area contributed by atoms with Crippen LogP contribution in [0.4, 0.5) is 0 Å². The van der Waals surface area contributed by atoms with Crippen LogP contribution in [0, 0.1) is 0 Å². The Bertz CT molecular complexity index is 192. The van der Waals surface area contributed by atoms with E-state index in [2.05, 4.69) is 22.0 Å². The lowest BCUT2D eigenvalue weighted by molar-refractivity contribution is -0.0231. The summed E-state index contributed by atoms with van der Waals surface area (Å²) in [6, 6.07) is 1.43. The zero-order valence-electron chi connectivity index (χ0n) is 10.6. The van der Waals surface area contributed by atoms with Gasteiger partial charge in [-0.1, -0.05) is 6.92 Å². The van der Waals surface area contributed by atoms with Gasteiger partial charge in [0.05, 0.1) is 6.61 Å². The second-order valence-corrected chi connectivity index (χ2v) is 4.91. The fourth-order valence-electron chi connectivity index (χ4n) is 2.74. The topological polar surface area (TPSA) is 27.7 Å². The van der Waals surface area contributed by atoms with Crippen molar-refractivity contribution < 1.29 is 4.74 Å². The zero-order valence-corrected chi connectivity index (χ0v) is 10.6. The largest absolute Gasteiger partial charge is 0.383 e. The lowest BCUT2D eigenvalue weighted by Crippen LogP contribution is -2.65. The molecule has 0 saturated carbocycles. The van der Waals surface area contributed by atoms with Crippen molar-refractivity contribution >= 4 is 0 Å². The minimum Gasteiger partial charge on any atom is -0.383 e. The molecule has 1 N–H and O–H groups in total. The number of hydrogen-bond acceptors (Lipinski definition) is 4. The highest BCUT2D eigenvalue weighted by atomic mass is 16.5.